The quantitative estimate of drug-likeness (QED) is 0.780. The summed E-state index contributed by atoms with van der Waals surface area (Å²) < 4.78 is 5.37. The fourth-order valence-electron chi connectivity index (χ4n) is 1.32. The summed E-state index contributed by atoms with van der Waals surface area (Å²) in [5.41, 5.74) is 0.607. The summed E-state index contributed by atoms with van der Waals surface area (Å²) in [7, 11) is 0. The summed E-state index contributed by atoms with van der Waals surface area (Å²) in [6, 6.07) is 6.86. The zero-order valence-corrected chi connectivity index (χ0v) is 11.5. The number of rotatable bonds is 6. The first-order valence-electron chi connectivity index (χ1n) is 6.00. The molecule has 1 aromatic rings. The van der Waals surface area contributed by atoms with Crippen LogP contribution >= 0.6 is 11.6 Å². The topological polar surface area (TPSA) is 50.4 Å². The summed E-state index contributed by atoms with van der Waals surface area (Å²) >= 11 is 5.92. The first-order valence-corrected chi connectivity index (χ1v) is 6.38. The third-order valence-electron chi connectivity index (χ3n) is 2.18. The number of amides is 2. The molecule has 5 heteroatoms. The number of urea groups is 1. The van der Waals surface area contributed by atoms with Gasteiger partial charge in [0.2, 0.25) is 0 Å². The molecule has 0 aromatic heterocycles. The molecular formula is C13H19ClN2O2. The van der Waals surface area contributed by atoms with Crippen LogP contribution in [0.5, 0.6) is 0 Å². The van der Waals surface area contributed by atoms with Crippen LogP contribution in [-0.2, 0) is 4.74 Å². The predicted octanol–water partition coefficient (Wildman–Crippen LogP) is 3.28. The third kappa shape index (κ3) is 5.89. The summed E-state index contributed by atoms with van der Waals surface area (Å²) in [5.74, 6) is 0. The lowest BCUT2D eigenvalue weighted by Gasteiger charge is -2.10. The average Bonchev–Trinajstić information content (AvgIpc) is 2.31. The fraction of sp³-hybridized carbons (Fsp3) is 0.462. The highest BCUT2D eigenvalue weighted by molar-refractivity contribution is 6.33. The van der Waals surface area contributed by atoms with Crippen LogP contribution in [0.4, 0.5) is 10.5 Å². The van der Waals surface area contributed by atoms with Crippen LogP contribution in [0.15, 0.2) is 24.3 Å². The Bertz CT molecular complexity index is 383. The predicted molar refractivity (Wildman–Crippen MR) is 74.2 cm³/mol. The largest absolute Gasteiger partial charge is 0.379 e. The van der Waals surface area contributed by atoms with Gasteiger partial charge in [-0.1, -0.05) is 23.7 Å². The van der Waals surface area contributed by atoms with Crippen molar-refractivity contribution in [2.24, 2.45) is 0 Å². The van der Waals surface area contributed by atoms with E-state index in [-0.39, 0.29) is 12.1 Å². The summed E-state index contributed by atoms with van der Waals surface area (Å²) in [5, 5.41) is 5.95. The highest BCUT2D eigenvalue weighted by atomic mass is 35.5. The van der Waals surface area contributed by atoms with Crippen molar-refractivity contribution >= 4 is 23.3 Å². The molecule has 4 nitrogen and oxygen atoms in total. The molecule has 100 valence electrons. The number of hydrogen-bond donors (Lipinski definition) is 2. The molecule has 0 aliphatic rings. The van der Waals surface area contributed by atoms with E-state index in [4.69, 9.17) is 16.3 Å². The lowest BCUT2D eigenvalue weighted by Crippen LogP contribution is -2.30. The molecule has 0 heterocycles. The number of anilines is 1. The standard InChI is InChI=1S/C13H19ClN2O2/c1-10(2)18-9-5-8-15-13(17)16-12-7-4-3-6-11(12)14/h3-4,6-7,10H,5,8-9H2,1-2H3,(H2,15,16,17). The Kier molecular flexibility index (Phi) is 6.54. The minimum atomic E-state index is -0.257. The monoisotopic (exact) mass is 270 g/mol. The Morgan fingerprint density at radius 1 is 1.39 bits per heavy atom. The van der Waals surface area contributed by atoms with Gasteiger partial charge in [0.15, 0.2) is 0 Å². The third-order valence-corrected chi connectivity index (χ3v) is 2.51. The van der Waals surface area contributed by atoms with Crippen LogP contribution in [0, 0.1) is 0 Å². The smallest absolute Gasteiger partial charge is 0.319 e. The Morgan fingerprint density at radius 2 is 2.11 bits per heavy atom. The van der Waals surface area contributed by atoms with Gasteiger partial charge in [-0.2, -0.15) is 0 Å². The molecule has 0 bridgehead atoms. The Hall–Kier alpha value is -1.26. The first-order chi connectivity index (χ1) is 8.59. The van der Waals surface area contributed by atoms with Crippen LogP contribution in [0.3, 0.4) is 0 Å². The van der Waals surface area contributed by atoms with Crippen molar-refractivity contribution in [2.45, 2.75) is 26.4 Å². The minimum absolute atomic E-state index is 0.224. The summed E-state index contributed by atoms with van der Waals surface area (Å²) in [6.45, 7) is 5.18. The van der Waals surface area contributed by atoms with Gasteiger partial charge in [-0.05, 0) is 32.4 Å². The van der Waals surface area contributed by atoms with Crippen molar-refractivity contribution in [2.75, 3.05) is 18.5 Å². The highest BCUT2D eigenvalue weighted by Crippen LogP contribution is 2.19. The van der Waals surface area contributed by atoms with E-state index in [1.165, 1.54) is 0 Å². The van der Waals surface area contributed by atoms with Gasteiger partial charge >= 0.3 is 6.03 Å². The van der Waals surface area contributed by atoms with Crippen LogP contribution in [0.1, 0.15) is 20.3 Å². The molecule has 1 aromatic carbocycles. The van der Waals surface area contributed by atoms with Gasteiger partial charge in [-0.15, -0.1) is 0 Å². The van der Waals surface area contributed by atoms with E-state index in [2.05, 4.69) is 10.6 Å². The molecule has 2 N–H and O–H groups in total. The Morgan fingerprint density at radius 3 is 2.78 bits per heavy atom. The van der Waals surface area contributed by atoms with E-state index in [9.17, 15) is 4.79 Å². The van der Waals surface area contributed by atoms with Crippen molar-refractivity contribution in [3.8, 4) is 0 Å². The maximum atomic E-state index is 11.5. The maximum absolute atomic E-state index is 11.5. The molecule has 0 saturated carbocycles. The highest BCUT2D eigenvalue weighted by Gasteiger charge is 2.03. The molecule has 18 heavy (non-hydrogen) atoms. The molecule has 0 atom stereocenters. The average molecular weight is 271 g/mol. The number of ether oxygens (including phenoxy) is 1. The van der Waals surface area contributed by atoms with E-state index in [1.54, 1.807) is 12.1 Å². The van der Waals surface area contributed by atoms with Gasteiger partial charge in [0.25, 0.3) is 0 Å². The fourth-order valence-corrected chi connectivity index (χ4v) is 1.51. The second-order valence-electron chi connectivity index (χ2n) is 4.13. The molecule has 1 rings (SSSR count). The molecule has 0 aliphatic carbocycles. The van der Waals surface area contributed by atoms with Gasteiger partial charge < -0.3 is 15.4 Å². The van der Waals surface area contributed by atoms with Crippen molar-refractivity contribution in [1.29, 1.82) is 0 Å². The van der Waals surface area contributed by atoms with Gasteiger partial charge in [0.1, 0.15) is 0 Å². The maximum Gasteiger partial charge on any atom is 0.319 e. The zero-order chi connectivity index (χ0) is 13.4. The van der Waals surface area contributed by atoms with Crippen molar-refractivity contribution in [1.82, 2.24) is 5.32 Å². The van der Waals surface area contributed by atoms with E-state index in [1.807, 2.05) is 26.0 Å². The number of carbonyl (C=O) groups is 1. The molecule has 0 saturated heterocycles. The molecule has 0 unspecified atom stereocenters. The number of hydrogen-bond acceptors (Lipinski definition) is 2. The lowest BCUT2D eigenvalue weighted by molar-refractivity contribution is 0.0775. The molecular weight excluding hydrogens is 252 g/mol. The van der Waals surface area contributed by atoms with Crippen LogP contribution in [-0.4, -0.2) is 25.3 Å². The van der Waals surface area contributed by atoms with E-state index < -0.39 is 0 Å². The zero-order valence-electron chi connectivity index (χ0n) is 10.7. The number of nitrogens with one attached hydrogen (secondary N) is 2. The van der Waals surface area contributed by atoms with E-state index in [0.29, 0.717) is 23.9 Å². The Labute approximate surface area is 113 Å². The normalized spacial score (nSPS) is 10.4. The van der Waals surface area contributed by atoms with Crippen LogP contribution in [0.2, 0.25) is 5.02 Å². The Balaban J connectivity index is 2.20. The SMILES string of the molecule is CC(C)OCCCNC(=O)Nc1ccccc1Cl. The second-order valence-corrected chi connectivity index (χ2v) is 4.54. The van der Waals surface area contributed by atoms with Crippen LogP contribution in [0.25, 0.3) is 0 Å². The van der Waals surface area contributed by atoms with E-state index in [0.717, 1.165) is 6.42 Å². The minimum Gasteiger partial charge on any atom is -0.379 e. The number of halogens is 1. The summed E-state index contributed by atoms with van der Waals surface area (Å²) in [6.07, 6.45) is 1.01. The van der Waals surface area contributed by atoms with Crippen molar-refractivity contribution in [3.05, 3.63) is 29.3 Å². The van der Waals surface area contributed by atoms with Crippen molar-refractivity contribution < 1.29 is 9.53 Å². The van der Waals surface area contributed by atoms with E-state index >= 15 is 0 Å². The first kappa shape index (κ1) is 14.8. The van der Waals surface area contributed by atoms with Gasteiger partial charge in [-0.3, -0.25) is 0 Å². The van der Waals surface area contributed by atoms with Gasteiger partial charge in [-0.25, -0.2) is 4.79 Å². The van der Waals surface area contributed by atoms with Crippen molar-refractivity contribution in [3.63, 3.8) is 0 Å². The molecule has 0 radical (unpaired) electrons. The van der Waals surface area contributed by atoms with Gasteiger partial charge in [0.05, 0.1) is 16.8 Å². The second kappa shape index (κ2) is 7.95. The number of benzene rings is 1. The number of carbonyl (C=O) groups excluding carboxylic acids is 1. The number of para-hydroxylation sites is 1. The molecule has 0 aliphatic heterocycles. The molecule has 0 spiro atoms. The van der Waals surface area contributed by atoms with Crippen LogP contribution < -0.4 is 10.6 Å². The lowest BCUT2D eigenvalue weighted by atomic mass is 10.3. The molecule has 2 amide bonds. The molecule has 0 fully saturated rings. The summed E-state index contributed by atoms with van der Waals surface area (Å²) in [4.78, 5) is 11.5. The van der Waals surface area contributed by atoms with Gasteiger partial charge in [0, 0.05) is 13.2 Å².